The Kier molecular flexibility index (Phi) is 5.74. The van der Waals surface area contributed by atoms with Crippen molar-refractivity contribution in [3.8, 4) is 10.6 Å². The minimum atomic E-state index is -4.32. The summed E-state index contributed by atoms with van der Waals surface area (Å²) in [5.41, 5.74) is 0.919. The Morgan fingerprint density at radius 1 is 1.09 bits per heavy atom. The molecule has 0 atom stereocenters. The molecule has 0 radical (unpaired) electrons. The van der Waals surface area contributed by atoms with Gasteiger partial charge in [0.05, 0.1) is 11.3 Å². The number of thiazole rings is 1. The van der Waals surface area contributed by atoms with Crippen LogP contribution in [0.1, 0.15) is 11.3 Å². The summed E-state index contributed by atoms with van der Waals surface area (Å²) >= 11 is 1.42. The molecular weight excluding hydrogens is 321 g/mol. The second-order valence-electron chi connectivity index (χ2n) is 4.99. The minimum Gasteiger partial charge on any atom is -0.290 e. The summed E-state index contributed by atoms with van der Waals surface area (Å²) in [5.74, 6) is 0. The summed E-state index contributed by atoms with van der Waals surface area (Å²) in [4.78, 5) is 6.62. The highest BCUT2D eigenvalue weighted by atomic mass is 32.1. The standard InChI is InChI=1S/C17H17F3N2S/c1-3-9-22(10-4-2)11-15-12-23-16(21-15)13-5-7-14(8-6-13)17(18,19)20/h3-8,12H,1-2,9-11H2. The quantitative estimate of drug-likeness (QED) is 0.660. The molecule has 0 unspecified atom stereocenters. The van der Waals surface area contributed by atoms with Gasteiger partial charge in [0, 0.05) is 30.6 Å². The van der Waals surface area contributed by atoms with Crippen LogP contribution in [-0.4, -0.2) is 23.0 Å². The van der Waals surface area contributed by atoms with Gasteiger partial charge in [0.1, 0.15) is 5.01 Å². The first-order valence-electron chi connectivity index (χ1n) is 7.00. The van der Waals surface area contributed by atoms with E-state index in [2.05, 4.69) is 23.0 Å². The van der Waals surface area contributed by atoms with Gasteiger partial charge in [-0.2, -0.15) is 13.2 Å². The predicted molar refractivity (Wildman–Crippen MR) is 88.2 cm³/mol. The first-order valence-corrected chi connectivity index (χ1v) is 7.88. The summed E-state index contributed by atoms with van der Waals surface area (Å²) in [7, 11) is 0. The minimum absolute atomic E-state index is 0.648. The number of hydrogen-bond acceptors (Lipinski definition) is 3. The van der Waals surface area contributed by atoms with E-state index in [1.165, 1.54) is 23.5 Å². The number of rotatable bonds is 7. The first kappa shape index (κ1) is 17.4. The molecule has 0 amide bonds. The van der Waals surface area contributed by atoms with E-state index in [0.717, 1.165) is 30.9 Å². The molecule has 0 N–H and O–H groups in total. The smallest absolute Gasteiger partial charge is 0.290 e. The van der Waals surface area contributed by atoms with Crippen LogP contribution in [0.15, 0.2) is 55.0 Å². The van der Waals surface area contributed by atoms with Crippen molar-refractivity contribution < 1.29 is 13.2 Å². The number of benzene rings is 1. The summed E-state index contributed by atoms with van der Waals surface area (Å²) < 4.78 is 37.7. The van der Waals surface area contributed by atoms with Gasteiger partial charge in [-0.3, -0.25) is 4.90 Å². The predicted octanol–water partition coefficient (Wildman–Crippen LogP) is 5.00. The molecule has 0 aliphatic heterocycles. The maximum atomic E-state index is 12.6. The van der Waals surface area contributed by atoms with E-state index in [4.69, 9.17) is 0 Å². The van der Waals surface area contributed by atoms with Gasteiger partial charge in [0.2, 0.25) is 0 Å². The topological polar surface area (TPSA) is 16.1 Å². The van der Waals surface area contributed by atoms with Gasteiger partial charge in [0.15, 0.2) is 0 Å². The van der Waals surface area contributed by atoms with E-state index >= 15 is 0 Å². The lowest BCUT2D eigenvalue weighted by Gasteiger charge is -2.16. The second kappa shape index (κ2) is 7.57. The molecule has 1 aromatic carbocycles. The fourth-order valence-corrected chi connectivity index (χ4v) is 2.93. The summed E-state index contributed by atoms with van der Waals surface area (Å²) in [5, 5.41) is 2.64. The molecule has 0 spiro atoms. The highest BCUT2D eigenvalue weighted by molar-refractivity contribution is 7.13. The van der Waals surface area contributed by atoms with Gasteiger partial charge < -0.3 is 0 Å². The Hall–Kier alpha value is -1.92. The SMILES string of the molecule is C=CCN(CC=C)Cc1csc(-c2ccc(C(F)(F)F)cc2)n1. The lowest BCUT2D eigenvalue weighted by atomic mass is 10.1. The van der Waals surface area contributed by atoms with Crippen LogP contribution in [0, 0.1) is 0 Å². The third-order valence-corrected chi connectivity index (χ3v) is 4.11. The van der Waals surface area contributed by atoms with Gasteiger partial charge in [-0.25, -0.2) is 4.98 Å². The molecule has 0 aliphatic carbocycles. The van der Waals surface area contributed by atoms with Crippen LogP contribution in [0.5, 0.6) is 0 Å². The summed E-state index contributed by atoms with van der Waals surface area (Å²) in [6, 6.07) is 5.07. The molecule has 0 fully saturated rings. The lowest BCUT2D eigenvalue weighted by molar-refractivity contribution is -0.137. The van der Waals surface area contributed by atoms with Crippen LogP contribution >= 0.6 is 11.3 Å². The van der Waals surface area contributed by atoms with Crippen molar-refractivity contribution in [3.05, 3.63) is 66.2 Å². The molecule has 0 aliphatic rings. The summed E-state index contributed by atoms with van der Waals surface area (Å²) in [6.07, 6.45) is -0.693. The van der Waals surface area contributed by atoms with Gasteiger partial charge in [-0.15, -0.1) is 24.5 Å². The van der Waals surface area contributed by atoms with E-state index in [1.807, 2.05) is 17.5 Å². The van der Waals surface area contributed by atoms with Crippen LogP contribution in [0.25, 0.3) is 10.6 Å². The van der Waals surface area contributed by atoms with Crippen molar-refractivity contribution in [1.82, 2.24) is 9.88 Å². The largest absolute Gasteiger partial charge is 0.416 e. The highest BCUT2D eigenvalue weighted by Gasteiger charge is 2.30. The molecular formula is C17H17F3N2S. The molecule has 0 bridgehead atoms. The van der Waals surface area contributed by atoms with Crippen LogP contribution < -0.4 is 0 Å². The molecule has 2 rings (SSSR count). The zero-order valence-corrected chi connectivity index (χ0v) is 13.3. The second-order valence-corrected chi connectivity index (χ2v) is 5.85. The normalized spacial score (nSPS) is 11.7. The molecule has 0 saturated heterocycles. The third kappa shape index (κ3) is 4.77. The Morgan fingerprint density at radius 3 is 2.22 bits per heavy atom. The average molecular weight is 338 g/mol. The highest BCUT2D eigenvalue weighted by Crippen LogP contribution is 2.31. The van der Waals surface area contributed by atoms with Gasteiger partial charge >= 0.3 is 6.18 Å². The third-order valence-electron chi connectivity index (χ3n) is 3.17. The van der Waals surface area contributed by atoms with Crippen molar-refractivity contribution in [2.45, 2.75) is 12.7 Å². The molecule has 6 heteroatoms. The zero-order chi connectivity index (χ0) is 16.9. The number of aromatic nitrogens is 1. The summed E-state index contributed by atoms with van der Waals surface area (Å²) in [6.45, 7) is 9.53. The molecule has 0 saturated carbocycles. The van der Waals surface area contributed by atoms with Crippen molar-refractivity contribution in [2.75, 3.05) is 13.1 Å². The molecule has 1 heterocycles. The van der Waals surface area contributed by atoms with Crippen molar-refractivity contribution in [1.29, 1.82) is 0 Å². The number of nitrogens with zero attached hydrogens (tertiary/aromatic N) is 2. The van der Waals surface area contributed by atoms with Gasteiger partial charge in [-0.1, -0.05) is 24.3 Å². The van der Waals surface area contributed by atoms with E-state index < -0.39 is 11.7 Å². The van der Waals surface area contributed by atoms with E-state index in [1.54, 1.807) is 0 Å². The Labute approximate surface area is 137 Å². The van der Waals surface area contributed by atoms with Gasteiger partial charge in [0.25, 0.3) is 0 Å². The monoisotopic (exact) mass is 338 g/mol. The van der Waals surface area contributed by atoms with Crippen molar-refractivity contribution in [3.63, 3.8) is 0 Å². The van der Waals surface area contributed by atoms with E-state index in [9.17, 15) is 13.2 Å². The van der Waals surface area contributed by atoms with Crippen LogP contribution in [0.2, 0.25) is 0 Å². The molecule has 2 aromatic rings. The average Bonchev–Trinajstić information content (AvgIpc) is 2.95. The fourth-order valence-electron chi connectivity index (χ4n) is 2.11. The number of halogens is 3. The van der Waals surface area contributed by atoms with E-state index in [-0.39, 0.29) is 0 Å². The Balaban J connectivity index is 2.12. The zero-order valence-electron chi connectivity index (χ0n) is 12.5. The maximum Gasteiger partial charge on any atom is 0.416 e. The molecule has 23 heavy (non-hydrogen) atoms. The Bertz CT molecular complexity index is 649. The number of hydrogen-bond donors (Lipinski definition) is 0. The molecule has 2 nitrogen and oxygen atoms in total. The molecule has 1 aromatic heterocycles. The lowest BCUT2D eigenvalue weighted by Crippen LogP contribution is -2.23. The van der Waals surface area contributed by atoms with Crippen molar-refractivity contribution >= 4 is 11.3 Å². The van der Waals surface area contributed by atoms with Gasteiger partial charge in [-0.05, 0) is 12.1 Å². The fraction of sp³-hybridized carbons (Fsp3) is 0.235. The maximum absolute atomic E-state index is 12.6. The molecule has 122 valence electrons. The van der Waals surface area contributed by atoms with E-state index in [0.29, 0.717) is 17.1 Å². The first-order chi connectivity index (χ1) is 10.9. The van der Waals surface area contributed by atoms with Crippen LogP contribution in [0.3, 0.4) is 0 Å². The van der Waals surface area contributed by atoms with Crippen molar-refractivity contribution in [2.24, 2.45) is 0 Å². The Morgan fingerprint density at radius 2 is 1.70 bits per heavy atom. The van der Waals surface area contributed by atoms with Crippen LogP contribution in [0.4, 0.5) is 13.2 Å². The van der Waals surface area contributed by atoms with Crippen LogP contribution in [-0.2, 0) is 12.7 Å². The number of alkyl halides is 3.